The zero-order chi connectivity index (χ0) is 10.1. The maximum Gasteiger partial charge on any atom is 0.220 e. The van der Waals surface area contributed by atoms with Crippen LogP contribution < -0.4 is 5.73 Å². The number of amides is 1. The van der Waals surface area contributed by atoms with Crippen LogP contribution in [0.5, 0.6) is 0 Å². The van der Waals surface area contributed by atoms with E-state index in [0.29, 0.717) is 11.3 Å². The Hall–Kier alpha value is -0.530. The summed E-state index contributed by atoms with van der Waals surface area (Å²) in [5.41, 5.74) is 5.66. The largest absolute Gasteiger partial charge is 0.369 e. The van der Waals surface area contributed by atoms with Crippen LogP contribution in [0, 0.1) is 17.3 Å². The highest BCUT2D eigenvalue weighted by atomic mass is 16.1. The van der Waals surface area contributed by atoms with Gasteiger partial charge in [0.15, 0.2) is 0 Å². The first-order valence-electron chi connectivity index (χ1n) is 5.20. The van der Waals surface area contributed by atoms with Crippen molar-refractivity contribution in [3.8, 4) is 0 Å². The second kappa shape index (κ2) is 3.69. The van der Waals surface area contributed by atoms with Crippen LogP contribution in [0.25, 0.3) is 0 Å². The van der Waals surface area contributed by atoms with E-state index in [9.17, 15) is 4.79 Å². The van der Waals surface area contributed by atoms with Crippen molar-refractivity contribution in [3.05, 3.63) is 0 Å². The van der Waals surface area contributed by atoms with E-state index in [2.05, 4.69) is 20.8 Å². The van der Waals surface area contributed by atoms with E-state index in [1.54, 1.807) is 0 Å². The van der Waals surface area contributed by atoms with Crippen LogP contribution in [-0.4, -0.2) is 5.91 Å². The van der Waals surface area contributed by atoms with Crippen molar-refractivity contribution in [1.29, 1.82) is 0 Å². The average molecular weight is 183 g/mol. The smallest absolute Gasteiger partial charge is 0.220 e. The second-order valence-electron chi connectivity index (χ2n) is 5.33. The molecule has 0 saturated heterocycles. The minimum Gasteiger partial charge on any atom is -0.369 e. The number of hydrogen-bond donors (Lipinski definition) is 1. The Morgan fingerprint density at radius 3 is 2.38 bits per heavy atom. The van der Waals surface area contributed by atoms with Gasteiger partial charge < -0.3 is 5.73 Å². The third-order valence-corrected chi connectivity index (χ3v) is 3.30. The molecule has 2 atom stereocenters. The summed E-state index contributed by atoms with van der Waals surface area (Å²) in [4.78, 5) is 11.0. The van der Waals surface area contributed by atoms with Gasteiger partial charge >= 0.3 is 0 Å². The lowest BCUT2D eigenvalue weighted by Gasteiger charge is -2.36. The van der Waals surface area contributed by atoms with Gasteiger partial charge in [-0.25, -0.2) is 0 Å². The first-order chi connectivity index (χ1) is 5.91. The summed E-state index contributed by atoms with van der Waals surface area (Å²) in [6.45, 7) is 6.75. The zero-order valence-electron chi connectivity index (χ0n) is 8.97. The van der Waals surface area contributed by atoms with E-state index in [-0.39, 0.29) is 11.8 Å². The van der Waals surface area contributed by atoms with Crippen molar-refractivity contribution in [2.45, 2.75) is 46.5 Å². The number of carbonyl (C=O) groups excluding carboxylic acids is 1. The summed E-state index contributed by atoms with van der Waals surface area (Å²) in [5, 5.41) is 0. The Morgan fingerprint density at radius 2 is 1.92 bits per heavy atom. The molecule has 0 aromatic heterocycles. The summed E-state index contributed by atoms with van der Waals surface area (Å²) < 4.78 is 0. The van der Waals surface area contributed by atoms with Crippen LogP contribution >= 0.6 is 0 Å². The maximum absolute atomic E-state index is 11.0. The summed E-state index contributed by atoms with van der Waals surface area (Å²) >= 11 is 0. The van der Waals surface area contributed by atoms with Crippen LogP contribution in [0.4, 0.5) is 0 Å². The van der Waals surface area contributed by atoms with Crippen molar-refractivity contribution in [1.82, 2.24) is 0 Å². The van der Waals surface area contributed by atoms with E-state index >= 15 is 0 Å². The molecular formula is C11H21NO. The van der Waals surface area contributed by atoms with Gasteiger partial charge in [-0.3, -0.25) is 4.79 Å². The molecule has 1 aliphatic carbocycles. The van der Waals surface area contributed by atoms with Gasteiger partial charge in [0.2, 0.25) is 5.91 Å². The van der Waals surface area contributed by atoms with Crippen molar-refractivity contribution in [3.63, 3.8) is 0 Å². The Bertz CT molecular complexity index is 193. The van der Waals surface area contributed by atoms with Crippen LogP contribution in [0.1, 0.15) is 46.5 Å². The van der Waals surface area contributed by atoms with Gasteiger partial charge in [-0.15, -0.1) is 0 Å². The molecule has 2 nitrogen and oxygen atoms in total. The third kappa shape index (κ3) is 2.71. The highest BCUT2D eigenvalue weighted by Crippen LogP contribution is 2.39. The van der Waals surface area contributed by atoms with Crippen LogP contribution in [0.3, 0.4) is 0 Å². The molecule has 2 heteroatoms. The van der Waals surface area contributed by atoms with E-state index < -0.39 is 0 Å². The molecule has 0 spiro atoms. The van der Waals surface area contributed by atoms with Gasteiger partial charge in [0.05, 0.1) is 0 Å². The van der Waals surface area contributed by atoms with Crippen LogP contribution in [-0.2, 0) is 4.79 Å². The van der Waals surface area contributed by atoms with E-state index in [1.165, 1.54) is 6.42 Å². The lowest BCUT2D eigenvalue weighted by molar-refractivity contribution is -0.123. The lowest BCUT2D eigenvalue weighted by atomic mass is 9.69. The lowest BCUT2D eigenvalue weighted by Crippen LogP contribution is -2.33. The number of nitrogens with two attached hydrogens (primary N) is 1. The highest BCUT2D eigenvalue weighted by Gasteiger charge is 2.32. The molecule has 1 aliphatic rings. The van der Waals surface area contributed by atoms with Crippen LogP contribution in [0.2, 0.25) is 0 Å². The minimum atomic E-state index is -0.103. The van der Waals surface area contributed by atoms with E-state index in [4.69, 9.17) is 5.73 Å². The van der Waals surface area contributed by atoms with Crippen LogP contribution in [0.15, 0.2) is 0 Å². The summed E-state index contributed by atoms with van der Waals surface area (Å²) in [5.74, 6) is 0.700. The fourth-order valence-electron chi connectivity index (χ4n) is 2.23. The first-order valence-corrected chi connectivity index (χ1v) is 5.20. The molecule has 0 aliphatic heterocycles. The molecule has 0 radical (unpaired) electrons. The van der Waals surface area contributed by atoms with Gasteiger partial charge in [-0.2, -0.15) is 0 Å². The molecule has 1 amide bonds. The molecule has 2 unspecified atom stereocenters. The third-order valence-electron chi connectivity index (χ3n) is 3.30. The monoisotopic (exact) mass is 183 g/mol. The Morgan fingerprint density at radius 1 is 1.31 bits per heavy atom. The van der Waals surface area contributed by atoms with Crippen molar-refractivity contribution in [2.24, 2.45) is 23.0 Å². The zero-order valence-corrected chi connectivity index (χ0v) is 8.97. The molecule has 13 heavy (non-hydrogen) atoms. The fraction of sp³-hybridized carbons (Fsp3) is 0.909. The average Bonchev–Trinajstić information content (AvgIpc) is 2.03. The number of hydrogen-bond acceptors (Lipinski definition) is 1. The molecule has 1 fully saturated rings. The predicted octanol–water partition coefficient (Wildman–Crippen LogP) is 2.32. The van der Waals surface area contributed by atoms with Gasteiger partial charge in [0.25, 0.3) is 0 Å². The normalized spacial score (nSPS) is 30.1. The molecule has 0 bridgehead atoms. The molecule has 2 N–H and O–H groups in total. The highest BCUT2D eigenvalue weighted by molar-refractivity contribution is 5.76. The summed E-state index contributed by atoms with van der Waals surface area (Å²) in [7, 11) is 0. The maximum atomic E-state index is 11.0. The molecule has 76 valence electrons. The standard InChI is InChI=1S/C11H21NO/c1-11(2,3)9-6-4-5-8(7-9)10(12)13/h8-9H,4-7H2,1-3H3,(H2,12,13). The molecule has 0 heterocycles. The molecule has 0 aromatic rings. The topological polar surface area (TPSA) is 43.1 Å². The summed E-state index contributed by atoms with van der Waals surface area (Å²) in [6.07, 6.45) is 4.42. The number of primary amides is 1. The Kier molecular flexibility index (Phi) is 2.99. The van der Waals surface area contributed by atoms with E-state index in [0.717, 1.165) is 19.3 Å². The number of rotatable bonds is 1. The number of carbonyl (C=O) groups is 1. The molecular weight excluding hydrogens is 162 g/mol. The fourth-order valence-corrected chi connectivity index (χ4v) is 2.23. The SMILES string of the molecule is CC(C)(C)C1CCCC(C(N)=O)C1. The van der Waals surface area contributed by atoms with Crippen molar-refractivity contribution in [2.75, 3.05) is 0 Å². The van der Waals surface area contributed by atoms with Gasteiger partial charge in [0, 0.05) is 5.92 Å². The van der Waals surface area contributed by atoms with Gasteiger partial charge in [0.1, 0.15) is 0 Å². The van der Waals surface area contributed by atoms with Crippen molar-refractivity contribution >= 4 is 5.91 Å². The van der Waals surface area contributed by atoms with E-state index in [1.807, 2.05) is 0 Å². The predicted molar refractivity (Wildman–Crippen MR) is 54.1 cm³/mol. The molecule has 1 saturated carbocycles. The minimum absolute atomic E-state index is 0.103. The summed E-state index contributed by atoms with van der Waals surface area (Å²) in [6, 6.07) is 0. The molecule has 0 aromatic carbocycles. The second-order valence-corrected chi connectivity index (χ2v) is 5.33. The molecule has 1 rings (SSSR count). The Balaban J connectivity index is 2.57. The van der Waals surface area contributed by atoms with Crippen molar-refractivity contribution < 1.29 is 4.79 Å². The van der Waals surface area contributed by atoms with Gasteiger partial charge in [-0.1, -0.05) is 27.2 Å². The van der Waals surface area contributed by atoms with Gasteiger partial charge in [-0.05, 0) is 30.6 Å². The quantitative estimate of drug-likeness (QED) is 0.666. The Labute approximate surface area is 80.9 Å². The first kappa shape index (κ1) is 10.6.